The van der Waals surface area contributed by atoms with E-state index in [1.807, 2.05) is 0 Å². The number of aliphatic hydroxyl groups is 1. The summed E-state index contributed by atoms with van der Waals surface area (Å²) in [5.41, 5.74) is -3.51. The molecule has 0 unspecified atom stereocenters. The van der Waals surface area contributed by atoms with Crippen molar-refractivity contribution in [2.75, 3.05) is 13.2 Å². The minimum absolute atomic E-state index is 0.0575. The molecule has 0 fully saturated rings. The maximum absolute atomic E-state index is 13.6. The number of hydrogen-bond acceptors (Lipinski definition) is 2. The molecule has 1 amide bonds. The Bertz CT molecular complexity index is 1210. The molecule has 4 nitrogen and oxygen atoms in total. The van der Waals surface area contributed by atoms with E-state index in [-0.39, 0.29) is 18.8 Å². The second-order valence-electron chi connectivity index (χ2n) is 8.69. The quantitative estimate of drug-likeness (QED) is 0.395. The van der Waals surface area contributed by atoms with Gasteiger partial charge < -0.3 is 15.0 Å². The standard InChI is InChI=1S/C23H21ClF6N2O2/c1-21(2,12-33)11-31-20(34)19-9-13-8-16(24)4-6-18(13)32(19)10-14-7-15(22(25,26)27)3-5-17(14)23(28,29)30/h3-9,33H,10-12H2,1-2H3,(H,31,34). The van der Waals surface area contributed by atoms with Gasteiger partial charge in [-0.1, -0.05) is 25.4 Å². The van der Waals surface area contributed by atoms with Crippen molar-refractivity contribution in [2.45, 2.75) is 32.7 Å². The maximum Gasteiger partial charge on any atom is 0.416 e. The van der Waals surface area contributed by atoms with Gasteiger partial charge >= 0.3 is 12.4 Å². The van der Waals surface area contributed by atoms with Gasteiger partial charge in [-0.2, -0.15) is 26.3 Å². The molecule has 2 N–H and O–H groups in total. The van der Waals surface area contributed by atoms with Gasteiger partial charge in [0, 0.05) is 41.0 Å². The fourth-order valence-electron chi connectivity index (χ4n) is 3.41. The molecule has 2 aromatic carbocycles. The summed E-state index contributed by atoms with van der Waals surface area (Å²) in [6.07, 6.45) is -9.75. The number of amides is 1. The van der Waals surface area contributed by atoms with Crippen LogP contribution >= 0.6 is 11.6 Å². The molecule has 184 valence electrons. The van der Waals surface area contributed by atoms with Crippen LogP contribution in [-0.2, 0) is 18.9 Å². The van der Waals surface area contributed by atoms with Gasteiger partial charge in [-0.15, -0.1) is 0 Å². The topological polar surface area (TPSA) is 54.3 Å². The summed E-state index contributed by atoms with van der Waals surface area (Å²) < 4.78 is 81.8. The minimum Gasteiger partial charge on any atom is -0.396 e. The average Bonchev–Trinajstić information content (AvgIpc) is 3.08. The highest BCUT2D eigenvalue weighted by Crippen LogP contribution is 2.37. The van der Waals surface area contributed by atoms with Gasteiger partial charge in [-0.3, -0.25) is 4.79 Å². The Kier molecular flexibility index (Phi) is 6.96. The average molecular weight is 507 g/mol. The van der Waals surface area contributed by atoms with E-state index < -0.39 is 46.9 Å². The van der Waals surface area contributed by atoms with Crippen molar-refractivity contribution in [2.24, 2.45) is 5.41 Å². The van der Waals surface area contributed by atoms with E-state index in [1.165, 1.54) is 28.8 Å². The predicted molar refractivity (Wildman–Crippen MR) is 116 cm³/mol. The third-order valence-corrected chi connectivity index (χ3v) is 5.55. The molecule has 0 radical (unpaired) electrons. The largest absolute Gasteiger partial charge is 0.416 e. The number of halogens is 7. The zero-order valence-corrected chi connectivity index (χ0v) is 18.9. The molecule has 0 saturated carbocycles. The zero-order valence-electron chi connectivity index (χ0n) is 18.1. The SMILES string of the molecule is CC(C)(CO)CNC(=O)c1cc2cc(Cl)ccc2n1Cc1cc(C(F)(F)F)ccc1C(F)(F)F. The Hall–Kier alpha value is -2.72. The van der Waals surface area contributed by atoms with Crippen LogP contribution in [0.2, 0.25) is 5.02 Å². The van der Waals surface area contributed by atoms with Crippen LogP contribution in [0.25, 0.3) is 10.9 Å². The first-order chi connectivity index (χ1) is 15.6. The number of aromatic nitrogens is 1. The van der Waals surface area contributed by atoms with Crippen LogP contribution in [0.5, 0.6) is 0 Å². The van der Waals surface area contributed by atoms with Gasteiger partial charge in [-0.05, 0) is 48.0 Å². The molecule has 3 aromatic rings. The molecule has 0 aliphatic heterocycles. The Morgan fingerprint density at radius 2 is 1.68 bits per heavy atom. The molecule has 0 bridgehead atoms. The van der Waals surface area contributed by atoms with E-state index in [0.29, 0.717) is 34.1 Å². The Balaban J connectivity index is 2.14. The van der Waals surface area contributed by atoms with Crippen LogP contribution < -0.4 is 5.32 Å². The molecule has 11 heteroatoms. The van der Waals surface area contributed by atoms with Crippen LogP contribution in [0.15, 0.2) is 42.5 Å². The number of fused-ring (bicyclic) bond motifs is 1. The normalized spacial score (nSPS) is 12.9. The minimum atomic E-state index is -4.90. The summed E-state index contributed by atoms with van der Waals surface area (Å²) >= 11 is 6.00. The van der Waals surface area contributed by atoms with Crippen molar-refractivity contribution in [3.63, 3.8) is 0 Å². The summed E-state index contributed by atoms with van der Waals surface area (Å²) in [4.78, 5) is 12.9. The van der Waals surface area contributed by atoms with Crippen LogP contribution in [0.4, 0.5) is 26.3 Å². The molecule has 0 saturated heterocycles. The molecule has 0 aliphatic rings. The number of nitrogens with one attached hydrogen (secondary N) is 1. The lowest BCUT2D eigenvalue weighted by Gasteiger charge is -2.22. The number of carbonyl (C=O) groups excluding carboxylic acids is 1. The second-order valence-corrected chi connectivity index (χ2v) is 9.13. The van der Waals surface area contributed by atoms with Crippen molar-refractivity contribution >= 4 is 28.4 Å². The molecule has 1 heterocycles. The second kappa shape index (κ2) is 9.14. The lowest BCUT2D eigenvalue weighted by molar-refractivity contribution is -0.141. The Labute approximate surface area is 196 Å². The van der Waals surface area contributed by atoms with Crippen molar-refractivity contribution in [3.8, 4) is 0 Å². The monoisotopic (exact) mass is 506 g/mol. The van der Waals surface area contributed by atoms with Crippen molar-refractivity contribution in [1.29, 1.82) is 0 Å². The molecule has 3 rings (SSSR count). The highest BCUT2D eigenvalue weighted by Gasteiger charge is 2.37. The molecule has 0 atom stereocenters. The van der Waals surface area contributed by atoms with Crippen LogP contribution in [-0.4, -0.2) is 28.7 Å². The zero-order chi connectivity index (χ0) is 25.5. The summed E-state index contributed by atoms with van der Waals surface area (Å²) in [7, 11) is 0. The Morgan fingerprint density at radius 1 is 1.00 bits per heavy atom. The van der Waals surface area contributed by atoms with Crippen molar-refractivity contribution in [3.05, 3.63) is 69.9 Å². The van der Waals surface area contributed by atoms with Crippen LogP contribution in [0.1, 0.15) is 41.0 Å². The van der Waals surface area contributed by atoms with E-state index in [4.69, 9.17) is 11.6 Å². The summed E-state index contributed by atoms with van der Waals surface area (Å²) in [5, 5.41) is 12.8. The van der Waals surface area contributed by atoms with E-state index in [2.05, 4.69) is 5.32 Å². The highest BCUT2D eigenvalue weighted by atomic mass is 35.5. The summed E-state index contributed by atoms with van der Waals surface area (Å²) in [5.74, 6) is -0.658. The van der Waals surface area contributed by atoms with Gasteiger partial charge in [0.25, 0.3) is 5.91 Å². The third kappa shape index (κ3) is 5.67. The first-order valence-corrected chi connectivity index (χ1v) is 10.5. The Morgan fingerprint density at radius 3 is 2.26 bits per heavy atom. The van der Waals surface area contributed by atoms with Gasteiger partial charge in [0.1, 0.15) is 5.69 Å². The van der Waals surface area contributed by atoms with Crippen LogP contribution in [0.3, 0.4) is 0 Å². The summed E-state index contributed by atoms with van der Waals surface area (Å²) in [6, 6.07) is 7.07. The third-order valence-electron chi connectivity index (χ3n) is 5.32. The highest BCUT2D eigenvalue weighted by molar-refractivity contribution is 6.31. The van der Waals surface area contributed by atoms with Crippen molar-refractivity contribution in [1.82, 2.24) is 9.88 Å². The molecular weight excluding hydrogens is 486 g/mol. The number of nitrogens with zero attached hydrogens (tertiary/aromatic N) is 1. The van der Waals surface area contributed by atoms with Gasteiger partial charge in [0.05, 0.1) is 11.1 Å². The fourth-order valence-corrected chi connectivity index (χ4v) is 3.59. The van der Waals surface area contributed by atoms with E-state index in [1.54, 1.807) is 13.8 Å². The van der Waals surface area contributed by atoms with E-state index >= 15 is 0 Å². The van der Waals surface area contributed by atoms with Gasteiger partial charge in [-0.25, -0.2) is 0 Å². The lowest BCUT2D eigenvalue weighted by Crippen LogP contribution is -2.37. The predicted octanol–water partition coefficient (Wildman–Crippen LogP) is 6.13. The molecule has 1 aromatic heterocycles. The van der Waals surface area contributed by atoms with Crippen LogP contribution in [0, 0.1) is 5.41 Å². The number of hydrogen-bond donors (Lipinski definition) is 2. The van der Waals surface area contributed by atoms with E-state index in [0.717, 1.165) is 0 Å². The first-order valence-electron chi connectivity index (χ1n) is 10.1. The number of aliphatic hydroxyl groups excluding tert-OH is 1. The number of rotatable bonds is 6. The summed E-state index contributed by atoms with van der Waals surface area (Å²) in [6.45, 7) is 2.57. The maximum atomic E-state index is 13.6. The fraction of sp³-hybridized carbons (Fsp3) is 0.348. The van der Waals surface area contributed by atoms with E-state index in [9.17, 15) is 36.2 Å². The first kappa shape index (κ1) is 25.9. The smallest absolute Gasteiger partial charge is 0.396 e. The number of benzene rings is 2. The molecular formula is C23H21ClF6N2O2. The number of carbonyl (C=O) groups is 1. The lowest BCUT2D eigenvalue weighted by atomic mass is 9.95. The van der Waals surface area contributed by atoms with Crippen molar-refractivity contribution < 1.29 is 36.2 Å². The van der Waals surface area contributed by atoms with Gasteiger partial charge in [0.2, 0.25) is 0 Å². The molecule has 34 heavy (non-hydrogen) atoms. The van der Waals surface area contributed by atoms with Gasteiger partial charge in [0.15, 0.2) is 0 Å². The molecule has 0 spiro atoms. The number of alkyl halides is 6. The molecule has 0 aliphatic carbocycles.